The zero-order chi connectivity index (χ0) is 13.3. The summed E-state index contributed by atoms with van der Waals surface area (Å²) in [6, 6.07) is 6.71. The lowest BCUT2D eigenvalue weighted by atomic mass is 9.94. The summed E-state index contributed by atoms with van der Waals surface area (Å²) in [6.07, 6.45) is 0.665. The van der Waals surface area contributed by atoms with Gasteiger partial charge in [-0.3, -0.25) is 0 Å². The second kappa shape index (κ2) is 4.84. The number of hydrogen-bond donors (Lipinski definition) is 0. The van der Waals surface area contributed by atoms with Crippen molar-refractivity contribution in [2.45, 2.75) is 20.3 Å². The van der Waals surface area contributed by atoms with E-state index in [9.17, 15) is 13.2 Å². The Labute approximate surface area is 104 Å². The van der Waals surface area contributed by atoms with Crippen LogP contribution in [-0.2, 0) is 6.42 Å². The summed E-state index contributed by atoms with van der Waals surface area (Å²) in [5.74, 6) is -2.64. The molecule has 2 aromatic carbocycles. The molecule has 0 aromatic heterocycles. The van der Waals surface area contributed by atoms with E-state index in [0.29, 0.717) is 24.1 Å². The van der Waals surface area contributed by atoms with Crippen LogP contribution in [0.2, 0.25) is 0 Å². The van der Waals surface area contributed by atoms with E-state index >= 15 is 0 Å². The molecule has 0 saturated heterocycles. The van der Waals surface area contributed by atoms with Crippen molar-refractivity contribution in [2.75, 3.05) is 0 Å². The fourth-order valence-corrected chi connectivity index (χ4v) is 2.21. The zero-order valence-electron chi connectivity index (χ0n) is 10.2. The molecule has 0 fully saturated rings. The molecule has 0 aliphatic rings. The fraction of sp³-hybridized carbons (Fsp3) is 0.200. The Balaban J connectivity index is 2.73. The van der Waals surface area contributed by atoms with Gasteiger partial charge in [0.1, 0.15) is 17.5 Å². The number of aryl methyl sites for hydroxylation is 1. The van der Waals surface area contributed by atoms with Gasteiger partial charge in [-0.2, -0.15) is 0 Å². The van der Waals surface area contributed by atoms with E-state index in [1.165, 1.54) is 0 Å². The Morgan fingerprint density at radius 2 is 1.61 bits per heavy atom. The average molecular weight is 250 g/mol. The first-order valence-electron chi connectivity index (χ1n) is 5.78. The SMILES string of the molecule is CCc1c(C)cccc1-c1c(F)cc(F)cc1F. The van der Waals surface area contributed by atoms with Crippen molar-refractivity contribution >= 4 is 0 Å². The lowest BCUT2D eigenvalue weighted by Gasteiger charge is -2.12. The van der Waals surface area contributed by atoms with Crippen LogP contribution in [0.4, 0.5) is 13.2 Å². The summed E-state index contributed by atoms with van der Waals surface area (Å²) in [4.78, 5) is 0. The van der Waals surface area contributed by atoms with Gasteiger partial charge >= 0.3 is 0 Å². The highest BCUT2D eigenvalue weighted by Crippen LogP contribution is 2.31. The second-order valence-corrected chi connectivity index (χ2v) is 4.20. The smallest absolute Gasteiger partial charge is 0.136 e. The summed E-state index contributed by atoms with van der Waals surface area (Å²) in [5, 5.41) is 0. The number of benzene rings is 2. The molecule has 0 spiro atoms. The van der Waals surface area contributed by atoms with Crippen LogP contribution in [-0.4, -0.2) is 0 Å². The molecular weight excluding hydrogens is 237 g/mol. The molecule has 0 unspecified atom stereocenters. The molecule has 2 rings (SSSR count). The van der Waals surface area contributed by atoms with Gasteiger partial charge in [-0.25, -0.2) is 13.2 Å². The summed E-state index contributed by atoms with van der Waals surface area (Å²) >= 11 is 0. The summed E-state index contributed by atoms with van der Waals surface area (Å²) in [5.41, 5.74) is 2.18. The lowest BCUT2D eigenvalue weighted by Crippen LogP contribution is -1.97. The molecule has 0 nitrogen and oxygen atoms in total. The predicted molar refractivity (Wildman–Crippen MR) is 65.9 cm³/mol. The summed E-state index contributed by atoms with van der Waals surface area (Å²) in [6.45, 7) is 3.81. The Bertz CT molecular complexity index is 565. The second-order valence-electron chi connectivity index (χ2n) is 4.20. The molecule has 0 heterocycles. The van der Waals surface area contributed by atoms with Crippen molar-refractivity contribution in [2.24, 2.45) is 0 Å². The van der Waals surface area contributed by atoms with Gasteiger partial charge < -0.3 is 0 Å². The molecule has 0 saturated carbocycles. The van der Waals surface area contributed by atoms with E-state index in [0.717, 1.165) is 11.1 Å². The van der Waals surface area contributed by atoms with E-state index in [2.05, 4.69) is 0 Å². The minimum atomic E-state index is -0.903. The third-order valence-electron chi connectivity index (χ3n) is 3.04. The number of halogens is 3. The van der Waals surface area contributed by atoms with Crippen LogP contribution >= 0.6 is 0 Å². The molecular formula is C15H13F3. The van der Waals surface area contributed by atoms with Gasteiger partial charge in [-0.05, 0) is 30.0 Å². The summed E-state index contributed by atoms with van der Waals surface area (Å²) < 4.78 is 40.4. The van der Waals surface area contributed by atoms with E-state index < -0.39 is 17.5 Å². The zero-order valence-corrected chi connectivity index (χ0v) is 10.2. The first-order chi connectivity index (χ1) is 8.54. The Morgan fingerprint density at radius 1 is 1.00 bits per heavy atom. The standard InChI is InChI=1S/C15H13F3/c1-3-11-9(2)5-4-6-12(11)15-13(17)7-10(16)8-14(15)18/h4-8H,3H2,1-2H3. The minimum Gasteiger partial charge on any atom is -0.207 e. The molecule has 94 valence electrons. The molecule has 0 amide bonds. The Kier molecular flexibility index (Phi) is 3.41. The topological polar surface area (TPSA) is 0 Å². The van der Waals surface area contributed by atoms with Crippen molar-refractivity contribution in [3.05, 3.63) is 58.9 Å². The van der Waals surface area contributed by atoms with Crippen LogP contribution in [0.25, 0.3) is 11.1 Å². The molecule has 0 atom stereocenters. The monoisotopic (exact) mass is 250 g/mol. The Hall–Kier alpha value is -1.77. The molecule has 18 heavy (non-hydrogen) atoms. The number of hydrogen-bond acceptors (Lipinski definition) is 0. The first-order valence-corrected chi connectivity index (χ1v) is 5.78. The highest BCUT2D eigenvalue weighted by molar-refractivity contribution is 5.70. The highest BCUT2D eigenvalue weighted by atomic mass is 19.1. The third kappa shape index (κ3) is 2.13. The van der Waals surface area contributed by atoms with E-state index in [1.807, 2.05) is 19.9 Å². The van der Waals surface area contributed by atoms with Crippen molar-refractivity contribution in [3.8, 4) is 11.1 Å². The average Bonchev–Trinajstić information content (AvgIpc) is 2.27. The largest absolute Gasteiger partial charge is 0.207 e. The molecule has 0 aliphatic heterocycles. The molecule has 3 heteroatoms. The van der Waals surface area contributed by atoms with E-state index in [4.69, 9.17) is 0 Å². The van der Waals surface area contributed by atoms with Crippen molar-refractivity contribution in [1.29, 1.82) is 0 Å². The maximum absolute atomic E-state index is 13.8. The van der Waals surface area contributed by atoms with Gasteiger partial charge in [-0.15, -0.1) is 0 Å². The van der Waals surface area contributed by atoms with Crippen molar-refractivity contribution in [3.63, 3.8) is 0 Å². The molecule has 0 N–H and O–H groups in total. The molecule has 0 aliphatic carbocycles. The molecule has 0 bridgehead atoms. The van der Waals surface area contributed by atoms with Gasteiger partial charge in [0.25, 0.3) is 0 Å². The Morgan fingerprint density at radius 3 is 2.17 bits per heavy atom. The third-order valence-corrected chi connectivity index (χ3v) is 3.04. The number of rotatable bonds is 2. The van der Waals surface area contributed by atoms with Crippen molar-refractivity contribution < 1.29 is 13.2 Å². The van der Waals surface area contributed by atoms with Crippen LogP contribution in [0.5, 0.6) is 0 Å². The first kappa shape index (κ1) is 12.7. The van der Waals surface area contributed by atoms with E-state index in [-0.39, 0.29) is 5.56 Å². The van der Waals surface area contributed by atoms with Gasteiger partial charge in [0.05, 0.1) is 5.56 Å². The van der Waals surface area contributed by atoms with Crippen LogP contribution in [0.1, 0.15) is 18.1 Å². The van der Waals surface area contributed by atoms with Crippen LogP contribution in [0.3, 0.4) is 0 Å². The van der Waals surface area contributed by atoms with Crippen LogP contribution in [0.15, 0.2) is 30.3 Å². The van der Waals surface area contributed by atoms with Gasteiger partial charge in [-0.1, -0.05) is 25.1 Å². The maximum Gasteiger partial charge on any atom is 0.136 e. The van der Waals surface area contributed by atoms with Gasteiger partial charge in [0.2, 0.25) is 0 Å². The minimum absolute atomic E-state index is 0.156. The summed E-state index contributed by atoms with van der Waals surface area (Å²) in [7, 11) is 0. The maximum atomic E-state index is 13.8. The fourth-order valence-electron chi connectivity index (χ4n) is 2.21. The quantitative estimate of drug-likeness (QED) is 0.728. The predicted octanol–water partition coefficient (Wildman–Crippen LogP) is 4.64. The van der Waals surface area contributed by atoms with Crippen LogP contribution in [0, 0.1) is 24.4 Å². The highest BCUT2D eigenvalue weighted by Gasteiger charge is 2.16. The normalized spacial score (nSPS) is 10.7. The molecule has 2 aromatic rings. The van der Waals surface area contributed by atoms with Gasteiger partial charge in [0.15, 0.2) is 0 Å². The van der Waals surface area contributed by atoms with Crippen LogP contribution < -0.4 is 0 Å². The van der Waals surface area contributed by atoms with Gasteiger partial charge in [0, 0.05) is 12.1 Å². The van der Waals surface area contributed by atoms with E-state index in [1.54, 1.807) is 12.1 Å². The van der Waals surface area contributed by atoms with Crippen molar-refractivity contribution in [1.82, 2.24) is 0 Å². The lowest BCUT2D eigenvalue weighted by molar-refractivity contribution is 0.548. The molecule has 0 radical (unpaired) electrons.